The third-order valence-corrected chi connectivity index (χ3v) is 4.49. The van der Waals surface area contributed by atoms with Crippen LogP contribution in [-0.4, -0.2) is 24.7 Å². The van der Waals surface area contributed by atoms with Gasteiger partial charge in [-0.3, -0.25) is 4.98 Å². The van der Waals surface area contributed by atoms with Crippen LogP contribution in [0.25, 0.3) is 10.9 Å². The quantitative estimate of drug-likeness (QED) is 0.715. The second-order valence-corrected chi connectivity index (χ2v) is 6.01. The van der Waals surface area contributed by atoms with Crippen LogP contribution in [0.3, 0.4) is 0 Å². The van der Waals surface area contributed by atoms with Gasteiger partial charge in [0.1, 0.15) is 18.0 Å². The highest BCUT2D eigenvalue weighted by Gasteiger charge is 2.25. The van der Waals surface area contributed by atoms with Crippen molar-refractivity contribution in [2.24, 2.45) is 0 Å². The van der Waals surface area contributed by atoms with Crippen molar-refractivity contribution >= 4 is 16.6 Å². The zero-order valence-corrected chi connectivity index (χ0v) is 13.5. The van der Waals surface area contributed by atoms with E-state index >= 15 is 0 Å². The number of nitrogens with zero attached hydrogens (tertiary/aromatic N) is 3. The molecule has 0 aliphatic carbocycles. The number of rotatable bonds is 2. The molecule has 2 aromatic carbocycles. The van der Waals surface area contributed by atoms with Crippen molar-refractivity contribution in [3.05, 3.63) is 71.7 Å². The molecule has 5 heteroatoms. The Bertz CT molecular complexity index is 949. The number of halogens is 1. The summed E-state index contributed by atoms with van der Waals surface area (Å²) in [6.07, 6.45) is 1.47. The minimum atomic E-state index is -0.261. The summed E-state index contributed by atoms with van der Waals surface area (Å²) in [6, 6.07) is 16.5. The van der Waals surface area contributed by atoms with Gasteiger partial charge in [0.15, 0.2) is 0 Å². The second kappa shape index (κ2) is 6.50. The van der Waals surface area contributed by atoms with Gasteiger partial charge in [-0.05, 0) is 23.8 Å². The van der Waals surface area contributed by atoms with Gasteiger partial charge in [-0.2, -0.15) is 5.26 Å². The average molecular weight is 333 g/mol. The normalized spacial score (nSPS) is 17.4. The minimum absolute atomic E-state index is 0.159. The van der Waals surface area contributed by atoms with E-state index in [1.807, 2.05) is 24.3 Å². The highest BCUT2D eigenvalue weighted by atomic mass is 19.1. The molecule has 0 radical (unpaired) electrons. The van der Waals surface area contributed by atoms with E-state index in [4.69, 9.17) is 4.74 Å². The fourth-order valence-corrected chi connectivity index (χ4v) is 3.28. The van der Waals surface area contributed by atoms with E-state index in [9.17, 15) is 9.65 Å². The smallest absolute Gasteiger partial charge is 0.123 e. The topological polar surface area (TPSA) is 49.2 Å². The summed E-state index contributed by atoms with van der Waals surface area (Å²) >= 11 is 0. The van der Waals surface area contributed by atoms with Crippen LogP contribution in [-0.2, 0) is 4.74 Å². The van der Waals surface area contributed by atoms with Crippen molar-refractivity contribution < 1.29 is 9.13 Å². The van der Waals surface area contributed by atoms with E-state index in [0.29, 0.717) is 25.3 Å². The standard InChI is InChI=1S/C20H16FN3O/c21-16-7-5-14(6-8-16)19-13-24(9-10-25-19)20-15(11-22)12-23-18-4-2-1-3-17(18)20/h1-8,12,19H,9-10,13H2. The van der Waals surface area contributed by atoms with Crippen LogP contribution in [0.2, 0.25) is 0 Å². The van der Waals surface area contributed by atoms with E-state index in [1.165, 1.54) is 12.1 Å². The summed E-state index contributed by atoms with van der Waals surface area (Å²) in [4.78, 5) is 6.54. The van der Waals surface area contributed by atoms with Crippen LogP contribution in [0, 0.1) is 17.1 Å². The number of hydrogen-bond donors (Lipinski definition) is 0. The maximum Gasteiger partial charge on any atom is 0.123 e. The number of aromatic nitrogens is 1. The predicted molar refractivity (Wildman–Crippen MR) is 93.8 cm³/mol. The molecule has 3 aromatic rings. The maximum absolute atomic E-state index is 13.2. The Morgan fingerprint density at radius 1 is 1.16 bits per heavy atom. The number of para-hydroxylation sites is 1. The van der Waals surface area contributed by atoms with Gasteiger partial charge in [-0.15, -0.1) is 0 Å². The van der Waals surface area contributed by atoms with Crippen LogP contribution in [0.15, 0.2) is 54.7 Å². The van der Waals surface area contributed by atoms with Crippen LogP contribution in [0.5, 0.6) is 0 Å². The number of pyridine rings is 1. The van der Waals surface area contributed by atoms with Gasteiger partial charge in [0, 0.05) is 24.7 Å². The first kappa shape index (κ1) is 15.6. The lowest BCUT2D eigenvalue weighted by Crippen LogP contribution is -2.39. The summed E-state index contributed by atoms with van der Waals surface area (Å²) < 4.78 is 19.1. The number of nitriles is 1. The number of hydrogen-bond acceptors (Lipinski definition) is 4. The van der Waals surface area contributed by atoms with E-state index < -0.39 is 0 Å². The molecule has 1 aliphatic heterocycles. The van der Waals surface area contributed by atoms with Crippen molar-refractivity contribution in [1.29, 1.82) is 5.26 Å². The molecule has 2 heterocycles. The van der Waals surface area contributed by atoms with Gasteiger partial charge in [0.05, 0.1) is 23.4 Å². The Morgan fingerprint density at radius 2 is 1.96 bits per heavy atom. The summed E-state index contributed by atoms with van der Waals surface area (Å²) in [6.45, 7) is 1.85. The highest BCUT2D eigenvalue weighted by molar-refractivity contribution is 5.94. The molecule has 1 unspecified atom stereocenters. The number of benzene rings is 2. The zero-order valence-electron chi connectivity index (χ0n) is 13.5. The predicted octanol–water partition coefficient (Wildman–Crippen LogP) is 3.82. The zero-order chi connectivity index (χ0) is 17.2. The van der Waals surface area contributed by atoms with Crippen LogP contribution in [0.4, 0.5) is 10.1 Å². The molecule has 4 nitrogen and oxygen atoms in total. The van der Waals surface area contributed by atoms with Crippen molar-refractivity contribution in [1.82, 2.24) is 4.98 Å². The maximum atomic E-state index is 13.2. The second-order valence-electron chi connectivity index (χ2n) is 6.01. The SMILES string of the molecule is N#Cc1cnc2ccccc2c1N1CCOC(c2ccc(F)cc2)C1. The molecule has 1 aromatic heterocycles. The lowest BCUT2D eigenvalue weighted by Gasteiger charge is -2.35. The Kier molecular flexibility index (Phi) is 4.04. The number of morpholine rings is 1. The summed E-state index contributed by atoms with van der Waals surface area (Å²) in [5.74, 6) is -0.261. The Hall–Kier alpha value is -2.97. The first-order valence-corrected chi connectivity index (χ1v) is 8.16. The third-order valence-electron chi connectivity index (χ3n) is 4.49. The van der Waals surface area contributed by atoms with E-state index in [0.717, 1.165) is 22.2 Å². The summed E-state index contributed by atoms with van der Waals surface area (Å²) in [5.41, 5.74) is 3.24. The summed E-state index contributed by atoms with van der Waals surface area (Å²) in [5, 5.41) is 10.5. The van der Waals surface area contributed by atoms with Crippen molar-refractivity contribution in [2.75, 3.05) is 24.6 Å². The Morgan fingerprint density at radius 3 is 2.76 bits per heavy atom. The molecule has 0 N–H and O–H groups in total. The monoisotopic (exact) mass is 333 g/mol. The molecule has 0 bridgehead atoms. The summed E-state index contributed by atoms with van der Waals surface area (Å²) in [7, 11) is 0. The molecule has 1 fully saturated rings. The van der Waals surface area contributed by atoms with Crippen LogP contribution in [0.1, 0.15) is 17.2 Å². The average Bonchev–Trinajstić information content (AvgIpc) is 2.67. The van der Waals surface area contributed by atoms with Gasteiger partial charge >= 0.3 is 0 Å². The fourth-order valence-electron chi connectivity index (χ4n) is 3.28. The Balaban J connectivity index is 1.73. The molecule has 1 atom stereocenters. The van der Waals surface area contributed by atoms with Crippen molar-refractivity contribution in [2.45, 2.75) is 6.10 Å². The first-order valence-electron chi connectivity index (χ1n) is 8.16. The van der Waals surface area contributed by atoms with Crippen molar-refractivity contribution in [3.63, 3.8) is 0 Å². The van der Waals surface area contributed by atoms with Gasteiger partial charge < -0.3 is 9.64 Å². The molecule has 4 rings (SSSR count). The van der Waals surface area contributed by atoms with Gasteiger partial charge in [-0.1, -0.05) is 30.3 Å². The fraction of sp³-hybridized carbons (Fsp3) is 0.200. The molecule has 0 amide bonds. The molecular formula is C20H16FN3O. The number of fused-ring (bicyclic) bond motifs is 1. The highest BCUT2D eigenvalue weighted by Crippen LogP contribution is 2.33. The molecule has 1 saturated heterocycles. The number of anilines is 1. The molecule has 0 saturated carbocycles. The molecule has 0 spiro atoms. The largest absolute Gasteiger partial charge is 0.370 e. The minimum Gasteiger partial charge on any atom is -0.370 e. The van der Waals surface area contributed by atoms with Crippen LogP contribution >= 0.6 is 0 Å². The Labute approximate surface area is 145 Å². The van der Waals surface area contributed by atoms with Gasteiger partial charge in [0.2, 0.25) is 0 Å². The molecular weight excluding hydrogens is 317 g/mol. The lowest BCUT2D eigenvalue weighted by atomic mass is 10.0. The van der Waals surface area contributed by atoms with E-state index in [-0.39, 0.29) is 11.9 Å². The number of ether oxygens (including phenoxy) is 1. The molecule has 25 heavy (non-hydrogen) atoms. The third kappa shape index (κ3) is 2.92. The van der Waals surface area contributed by atoms with Gasteiger partial charge in [0.25, 0.3) is 0 Å². The van der Waals surface area contributed by atoms with Gasteiger partial charge in [-0.25, -0.2) is 4.39 Å². The lowest BCUT2D eigenvalue weighted by molar-refractivity contribution is 0.0398. The molecule has 124 valence electrons. The van der Waals surface area contributed by atoms with Crippen molar-refractivity contribution in [3.8, 4) is 6.07 Å². The van der Waals surface area contributed by atoms with E-state index in [2.05, 4.69) is 16.0 Å². The van der Waals surface area contributed by atoms with E-state index in [1.54, 1.807) is 18.3 Å². The molecule has 1 aliphatic rings. The van der Waals surface area contributed by atoms with Crippen LogP contribution < -0.4 is 4.90 Å². The first-order chi connectivity index (χ1) is 12.3.